The van der Waals surface area contributed by atoms with Gasteiger partial charge in [-0.15, -0.1) is 0 Å². The van der Waals surface area contributed by atoms with Crippen LogP contribution in [0, 0.1) is 11.3 Å². The molecule has 0 spiro atoms. The van der Waals surface area contributed by atoms with Crippen molar-refractivity contribution in [3.8, 4) is 6.07 Å². The van der Waals surface area contributed by atoms with Crippen molar-refractivity contribution in [3.05, 3.63) is 90.0 Å². The number of rotatable bonds is 6. The number of benzene rings is 3. The first-order valence-corrected chi connectivity index (χ1v) is 11.5. The minimum Gasteiger partial charge on any atom is -0.378 e. The van der Waals surface area contributed by atoms with E-state index in [1.807, 2.05) is 85.7 Å². The molecule has 1 amide bonds. The molecule has 0 atom stereocenters. The Labute approximate surface area is 206 Å². The van der Waals surface area contributed by atoms with Crippen LogP contribution in [0.2, 0.25) is 0 Å². The largest absolute Gasteiger partial charge is 0.378 e. The minimum atomic E-state index is -0.231. The number of azo groups is 1. The molecule has 1 aliphatic heterocycles. The van der Waals surface area contributed by atoms with Crippen LogP contribution >= 0.6 is 0 Å². The lowest BCUT2D eigenvalue weighted by Crippen LogP contribution is -2.49. The zero-order valence-corrected chi connectivity index (χ0v) is 20.0. The van der Waals surface area contributed by atoms with Crippen LogP contribution in [-0.2, 0) is 4.79 Å². The zero-order chi connectivity index (χ0) is 24.6. The number of nitriles is 1. The quantitative estimate of drug-likeness (QED) is 0.277. The Bertz CT molecular complexity index is 1230. The zero-order valence-electron chi connectivity index (χ0n) is 20.0. The molecule has 1 heterocycles. The standard InChI is InChI=1S/C28H28N6O/c1-32(2)26-14-12-25(13-15-26)31-30-24-10-8-22(9-11-24)20-23(21-29)28(35)34-18-16-33(17-19-34)27-6-4-3-5-7-27/h3-15,20H,16-19H2,1-2H3/b23-20+,31-30?. The highest BCUT2D eigenvalue weighted by atomic mass is 16.2. The number of carbonyl (C=O) groups excluding carboxylic acids is 1. The van der Waals surface area contributed by atoms with E-state index in [1.165, 1.54) is 0 Å². The third-order valence-electron chi connectivity index (χ3n) is 5.89. The fraction of sp³-hybridized carbons (Fsp3) is 0.214. The van der Waals surface area contributed by atoms with Gasteiger partial charge in [0.1, 0.15) is 11.6 Å². The molecule has 0 bridgehead atoms. The van der Waals surface area contributed by atoms with E-state index in [9.17, 15) is 10.1 Å². The molecule has 0 aliphatic carbocycles. The summed E-state index contributed by atoms with van der Waals surface area (Å²) in [5, 5.41) is 18.2. The van der Waals surface area contributed by atoms with Gasteiger partial charge in [-0.1, -0.05) is 30.3 Å². The summed E-state index contributed by atoms with van der Waals surface area (Å²) in [5.74, 6) is -0.231. The summed E-state index contributed by atoms with van der Waals surface area (Å²) in [6, 6.07) is 27.4. The van der Waals surface area contributed by atoms with Crippen molar-refractivity contribution in [3.63, 3.8) is 0 Å². The molecule has 0 unspecified atom stereocenters. The Kier molecular flexibility index (Phi) is 7.53. The van der Waals surface area contributed by atoms with Crippen molar-refractivity contribution in [2.24, 2.45) is 10.2 Å². The van der Waals surface area contributed by atoms with Crippen molar-refractivity contribution in [2.45, 2.75) is 0 Å². The second-order valence-corrected chi connectivity index (χ2v) is 8.49. The number of para-hydroxylation sites is 1. The number of hydrogen-bond donors (Lipinski definition) is 0. The molecule has 3 aromatic rings. The molecule has 7 nitrogen and oxygen atoms in total. The third-order valence-corrected chi connectivity index (χ3v) is 5.89. The Morgan fingerprint density at radius 2 is 1.43 bits per heavy atom. The molecule has 7 heteroatoms. The second kappa shape index (κ2) is 11.1. The van der Waals surface area contributed by atoms with Crippen LogP contribution in [0.25, 0.3) is 6.08 Å². The SMILES string of the molecule is CN(C)c1ccc(N=Nc2ccc(/C=C(\C#N)C(=O)N3CCN(c4ccccc4)CC3)cc2)cc1. The highest BCUT2D eigenvalue weighted by Gasteiger charge is 2.23. The summed E-state index contributed by atoms with van der Waals surface area (Å²) in [6.07, 6.45) is 1.63. The molecule has 0 N–H and O–H groups in total. The maximum absolute atomic E-state index is 12.9. The fourth-order valence-electron chi connectivity index (χ4n) is 3.86. The first-order valence-electron chi connectivity index (χ1n) is 11.5. The maximum Gasteiger partial charge on any atom is 0.264 e. The van der Waals surface area contributed by atoms with Gasteiger partial charge in [-0.25, -0.2) is 0 Å². The van der Waals surface area contributed by atoms with Crippen molar-refractivity contribution >= 4 is 34.7 Å². The Morgan fingerprint density at radius 3 is 1.97 bits per heavy atom. The summed E-state index contributed by atoms with van der Waals surface area (Å²) in [4.78, 5) is 19.0. The fourth-order valence-corrected chi connectivity index (χ4v) is 3.86. The Balaban J connectivity index is 1.37. The van der Waals surface area contributed by atoms with Crippen LogP contribution in [0.1, 0.15) is 5.56 Å². The molecule has 35 heavy (non-hydrogen) atoms. The van der Waals surface area contributed by atoms with Gasteiger partial charge in [0.15, 0.2) is 0 Å². The summed E-state index contributed by atoms with van der Waals surface area (Å²) in [6.45, 7) is 2.65. The first-order chi connectivity index (χ1) is 17.0. The molecule has 3 aromatic carbocycles. The molecule has 1 saturated heterocycles. The van der Waals surface area contributed by atoms with E-state index in [4.69, 9.17) is 0 Å². The molecule has 0 aromatic heterocycles. The van der Waals surface area contributed by atoms with E-state index in [2.05, 4.69) is 33.3 Å². The molecule has 0 saturated carbocycles. The molecular weight excluding hydrogens is 436 g/mol. The monoisotopic (exact) mass is 464 g/mol. The lowest BCUT2D eigenvalue weighted by Gasteiger charge is -2.36. The van der Waals surface area contributed by atoms with E-state index in [0.717, 1.165) is 35.7 Å². The van der Waals surface area contributed by atoms with Crippen molar-refractivity contribution in [2.75, 3.05) is 50.1 Å². The van der Waals surface area contributed by atoms with E-state index in [1.54, 1.807) is 11.0 Å². The van der Waals surface area contributed by atoms with Gasteiger partial charge in [0, 0.05) is 51.6 Å². The van der Waals surface area contributed by atoms with Crippen LogP contribution in [-0.4, -0.2) is 51.1 Å². The van der Waals surface area contributed by atoms with Gasteiger partial charge >= 0.3 is 0 Å². The van der Waals surface area contributed by atoms with Gasteiger partial charge in [0.25, 0.3) is 5.91 Å². The Morgan fingerprint density at radius 1 is 0.857 bits per heavy atom. The highest BCUT2D eigenvalue weighted by Crippen LogP contribution is 2.22. The summed E-state index contributed by atoms with van der Waals surface area (Å²) < 4.78 is 0. The number of nitrogens with zero attached hydrogens (tertiary/aromatic N) is 6. The van der Waals surface area contributed by atoms with E-state index < -0.39 is 0 Å². The van der Waals surface area contributed by atoms with Gasteiger partial charge in [-0.05, 0) is 60.2 Å². The van der Waals surface area contributed by atoms with Gasteiger partial charge in [-0.3, -0.25) is 4.79 Å². The molecule has 1 aliphatic rings. The average Bonchev–Trinajstić information content (AvgIpc) is 2.91. The minimum absolute atomic E-state index is 0.133. The van der Waals surface area contributed by atoms with Crippen LogP contribution in [0.3, 0.4) is 0 Å². The average molecular weight is 465 g/mol. The molecule has 4 rings (SSSR count). The van der Waals surface area contributed by atoms with Crippen LogP contribution in [0.15, 0.2) is 94.7 Å². The van der Waals surface area contributed by atoms with Crippen LogP contribution < -0.4 is 9.80 Å². The topological polar surface area (TPSA) is 75.3 Å². The van der Waals surface area contributed by atoms with Crippen LogP contribution in [0.4, 0.5) is 22.7 Å². The lowest BCUT2D eigenvalue weighted by atomic mass is 10.1. The number of piperazine rings is 1. The number of amides is 1. The first kappa shape index (κ1) is 23.7. The molecule has 176 valence electrons. The number of hydrogen-bond acceptors (Lipinski definition) is 6. The second-order valence-electron chi connectivity index (χ2n) is 8.49. The van der Waals surface area contributed by atoms with E-state index in [-0.39, 0.29) is 11.5 Å². The van der Waals surface area contributed by atoms with Gasteiger partial charge < -0.3 is 14.7 Å². The van der Waals surface area contributed by atoms with Crippen molar-refractivity contribution in [1.29, 1.82) is 5.26 Å². The van der Waals surface area contributed by atoms with Crippen LogP contribution in [0.5, 0.6) is 0 Å². The summed E-state index contributed by atoms with van der Waals surface area (Å²) >= 11 is 0. The van der Waals surface area contributed by atoms with Gasteiger partial charge in [0.2, 0.25) is 0 Å². The Hall–Kier alpha value is -4.44. The molecular formula is C28H28N6O. The summed E-state index contributed by atoms with van der Waals surface area (Å²) in [7, 11) is 3.98. The third kappa shape index (κ3) is 6.12. The van der Waals surface area contributed by atoms with Crippen molar-refractivity contribution < 1.29 is 4.79 Å². The van der Waals surface area contributed by atoms with E-state index in [0.29, 0.717) is 18.8 Å². The predicted molar refractivity (Wildman–Crippen MR) is 140 cm³/mol. The number of anilines is 2. The summed E-state index contributed by atoms with van der Waals surface area (Å²) in [5.41, 5.74) is 4.62. The normalized spacial score (nSPS) is 14.1. The molecule has 0 radical (unpaired) electrons. The van der Waals surface area contributed by atoms with E-state index >= 15 is 0 Å². The van der Waals surface area contributed by atoms with Gasteiger partial charge in [0.05, 0.1) is 11.4 Å². The highest BCUT2D eigenvalue weighted by molar-refractivity contribution is 6.01. The maximum atomic E-state index is 12.9. The smallest absolute Gasteiger partial charge is 0.264 e. The number of carbonyl (C=O) groups is 1. The molecule has 1 fully saturated rings. The lowest BCUT2D eigenvalue weighted by molar-refractivity contribution is -0.126. The van der Waals surface area contributed by atoms with Gasteiger partial charge in [-0.2, -0.15) is 15.5 Å². The van der Waals surface area contributed by atoms with Crippen molar-refractivity contribution in [1.82, 2.24) is 4.90 Å². The predicted octanol–water partition coefficient (Wildman–Crippen LogP) is 5.42.